The molecule has 1 N–H and O–H groups in total. The number of nitrogens with one attached hydrogen (secondary N) is 1. The fourth-order valence-electron chi connectivity index (χ4n) is 3.08. The van der Waals surface area contributed by atoms with Crippen LogP contribution in [-0.4, -0.2) is 30.6 Å². The molecule has 130 valence electrons. The monoisotopic (exact) mass is 349 g/mol. The molecule has 2 heterocycles. The van der Waals surface area contributed by atoms with Gasteiger partial charge >= 0.3 is 0 Å². The Morgan fingerprint density at radius 3 is 2.92 bits per heavy atom. The Bertz CT molecular complexity index is 843. The molecule has 1 aromatic heterocycles. The van der Waals surface area contributed by atoms with Crippen LogP contribution in [0.4, 0.5) is 0 Å². The van der Waals surface area contributed by atoms with Gasteiger partial charge in [0, 0.05) is 31.3 Å². The number of aromatic nitrogens is 2. The number of nitrogens with zero attached hydrogens (tertiary/aromatic N) is 2. The molecule has 0 unspecified atom stereocenters. The number of rotatable bonds is 6. The van der Waals surface area contributed by atoms with E-state index in [-0.39, 0.29) is 11.8 Å². The van der Waals surface area contributed by atoms with E-state index in [1.165, 1.54) is 0 Å². The maximum atomic E-state index is 12.4. The fourth-order valence-corrected chi connectivity index (χ4v) is 4.37. The lowest BCUT2D eigenvalue weighted by atomic mass is 10.1. The van der Waals surface area contributed by atoms with Gasteiger partial charge in [-0.2, -0.15) is 5.10 Å². The first-order valence-electron chi connectivity index (χ1n) is 8.09. The third-order valence-corrected chi connectivity index (χ3v) is 5.74. The number of sulfonamides is 1. The Kier molecular flexibility index (Phi) is 4.64. The first-order valence-corrected chi connectivity index (χ1v) is 9.74. The molecule has 0 fully saturated rings. The van der Waals surface area contributed by atoms with Crippen LogP contribution >= 0.6 is 0 Å². The number of aryl methyl sites for hydroxylation is 3. The highest BCUT2D eigenvalue weighted by molar-refractivity contribution is 7.89. The minimum absolute atomic E-state index is 0.0658. The summed E-state index contributed by atoms with van der Waals surface area (Å²) in [5, 5.41) is 4.26. The molecular formula is C17H23N3O3S. The zero-order valence-electron chi connectivity index (χ0n) is 14.2. The Morgan fingerprint density at radius 2 is 2.21 bits per heavy atom. The van der Waals surface area contributed by atoms with E-state index in [0.717, 1.165) is 34.6 Å². The lowest BCUT2D eigenvalue weighted by Gasteiger charge is -2.14. The summed E-state index contributed by atoms with van der Waals surface area (Å²) >= 11 is 0. The van der Waals surface area contributed by atoms with Gasteiger partial charge in [-0.25, -0.2) is 13.1 Å². The van der Waals surface area contributed by atoms with Crippen molar-refractivity contribution in [3.63, 3.8) is 0 Å². The normalized spacial score (nSPS) is 15.1. The van der Waals surface area contributed by atoms with Crippen molar-refractivity contribution < 1.29 is 13.2 Å². The minimum atomic E-state index is -3.37. The Hall–Kier alpha value is -1.86. The highest BCUT2D eigenvalue weighted by atomic mass is 32.2. The van der Waals surface area contributed by atoms with Crippen LogP contribution in [0.2, 0.25) is 0 Å². The molecule has 0 saturated heterocycles. The molecule has 6 nitrogen and oxygen atoms in total. The highest BCUT2D eigenvalue weighted by Gasteiger charge is 2.19. The molecule has 0 saturated carbocycles. The largest absolute Gasteiger partial charge is 0.493 e. The van der Waals surface area contributed by atoms with E-state index in [9.17, 15) is 8.42 Å². The van der Waals surface area contributed by atoms with Crippen LogP contribution in [0.25, 0.3) is 0 Å². The van der Waals surface area contributed by atoms with Crippen LogP contribution in [0.5, 0.6) is 5.75 Å². The van der Waals surface area contributed by atoms with Crippen molar-refractivity contribution in [3.05, 3.63) is 46.8 Å². The van der Waals surface area contributed by atoms with Gasteiger partial charge in [-0.1, -0.05) is 12.1 Å². The molecule has 0 radical (unpaired) electrons. The van der Waals surface area contributed by atoms with E-state index in [0.29, 0.717) is 13.0 Å². The van der Waals surface area contributed by atoms with Crippen LogP contribution in [0.15, 0.2) is 24.4 Å². The van der Waals surface area contributed by atoms with E-state index in [1.807, 2.05) is 45.3 Å². The lowest BCUT2D eigenvalue weighted by molar-refractivity contribution is 0.357. The minimum Gasteiger partial charge on any atom is -0.493 e. The molecular weight excluding hydrogens is 326 g/mol. The summed E-state index contributed by atoms with van der Waals surface area (Å²) in [5.41, 5.74) is 3.93. The predicted molar refractivity (Wildman–Crippen MR) is 92.6 cm³/mol. The third kappa shape index (κ3) is 3.79. The molecule has 2 aromatic rings. The van der Waals surface area contributed by atoms with Crippen molar-refractivity contribution in [1.82, 2.24) is 14.5 Å². The molecule has 0 spiro atoms. The van der Waals surface area contributed by atoms with Gasteiger partial charge in [0.05, 0.1) is 18.1 Å². The lowest BCUT2D eigenvalue weighted by Crippen LogP contribution is -2.30. The predicted octanol–water partition coefficient (Wildman–Crippen LogP) is 1.89. The third-order valence-electron chi connectivity index (χ3n) is 4.29. The molecule has 0 aliphatic carbocycles. The molecule has 7 heteroatoms. The van der Waals surface area contributed by atoms with Gasteiger partial charge in [-0.15, -0.1) is 0 Å². The van der Waals surface area contributed by atoms with Gasteiger partial charge < -0.3 is 4.74 Å². The van der Waals surface area contributed by atoms with E-state index in [1.54, 1.807) is 4.68 Å². The summed E-state index contributed by atoms with van der Waals surface area (Å²) in [6.07, 6.45) is 3.23. The van der Waals surface area contributed by atoms with Gasteiger partial charge in [-0.3, -0.25) is 4.68 Å². The van der Waals surface area contributed by atoms with E-state index < -0.39 is 10.0 Å². The Labute approximate surface area is 142 Å². The second-order valence-electron chi connectivity index (χ2n) is 6.29. The SMILES string of the molecule is Cc1nn(C)cc1[C@H](C)NS(=O)(=O)CCc1ccc2c(c1)CCO2. The van der Waals surface area contributed by atoms with Gasteiger partial charge in [0.2, 0.25) is 10.0 Å². The summed E-state index contributed by atoms with van der Waals surface area (Å²) in [7, 11) is -1.54. The summed E-state index contributed by atoms with van der Waals surface area (Å²) in [4.78, 5) is 0. The summed E-state index contributed by atoms with van der Waals surface area (Å²) in [6.45, 7) is 4.43. The number of fused-ring (bicyclic) bond motifs is 1. The smallest absolute Gasteiger partial charge is 0.212 e. The molecule has 1 aliphatic rings. The summed E-state index contributed by atoms with van der Waals surface area (Å²) < 4.78 is 34.7. The summed E-state index contributed by atoms with van der Waals surface area (Å²) in [5.74, 6) is 0.983. The van der Waals surface area contributed by atoms with Crippen molar-refractivity contribution in [2.24, 2.45) is 7.05 Å². The number of hydrogen-bond acceptors (Lipinski definition) is 4. The Balaban J connectivity index is 1.62. The van der Waals surface area contributed by atoms with Crippen molar-refractivity contribution in [1.29, 1.82) is 0 Å². The van der Waals surface area contributed by atoms with Crippen LogP contribution in [0, 0.1) is 6.92 Å². The Morgan fingerprint density at radius 1 is 1.42 bits per heavy atom. The molecule has 1 aliphatic heterocycles. The van der Waals surface area contributed by atoms with Gasteiger partial charge in [-0.05, 0) is 37.5 Å². The van der Waals surface area contributed by atoms with Crippen molar-refractivity contribution in [2.45, 2.75) is 32.7 Å². The fraction of sp³-hybridized carbons (Fsp3) is 0.471. The van der Waals surface area contributed by atoms with Gasteiger partial charge in [0.15, 0.2) is 0 Å². The second-order valence-corrected chi connectivity index (χ2v) is 8.17. The average Bonchev–Trinajstić information content (AvgIpc) is 3.10. The van der Waals surface area contributed by atoms with Crippen molar-refractivity contribution >= 4 is 10.0 Å². The first kappa shape index (κ1) is 17.0. The standard InChI is InChI=1S/C17H23N3O3S/c1-12-16(11-20(3)18-12)13(2)19-24(21,22)9-7-14-4-5-17-15(10-14)6-8-23-17/h4-5,10-11,13,19H,6-9H2,1-3H3/t13-/m0/s1. The highest BCUT2D eigenvalue weighted by Crippen LogP contribution is 2.26. The van der Waals surface area contributed by atoms with Crippen molar-refractivity contribution in [2.75, 3.05) is 12.4 Å². The molecule has 1 atom stereocenters. The molecule has 1 aromatic carbocycles. The molecule has 3 rings (SSSR count). The maximum Gasteiger partial charge on any atom is 0.212 e. The summed E-state index contributed by atoms with van der Waals surface area (Å²) in [6, 6.07) is 5.62. The molecule has 24 heavy (non-hydrogen) atoms. The second kappa shape index (κ2) is 6.57. The topological polar surface area (TPSA) is 73.2 Å². The number of hydrogen-bond donors (Lipinski definition) is 1. The quantitative estimate of drug-likeness (QED) is 0.864. The zero-order valence-corrected chi connectivity index (χ0v) is 15.1. The zero-order chi connectivity index (χ0) is 17.3. The number of ether oxygens (including phenoxy) is 1. The van der Waals surface area contributed by atoms with E-state index in [2.05, 4.69) is 9.82 Å². The van der Waals surface area contributed by atoms with E-state index >= 15 is 0 Å². The van der Waals surface area contributed by atoms with E-state index in [4.69, 9.17) is 4.74 Å². The van der Waals surface area contributed by atoms with Gasteiger partial charge in [0.25, 0.3) is 0 Å². The van der Waals surface area contributed by atoms with Crippen LogP contribution < -0.4 is 9.46 Å². The van der Waals surface area contributed by atoms with Gasteiger partial charge in [0.1, 0.15) is 5.75 Å². The molecule has 0 amide bonds. The maximum absolute atomic E-state index is 12.4. The average molecular weight is 349 g/mol. The van der Waals surface area contributed by atoms with Crippen LogP contribution in [-0.2, 0) is 29.9 Å². The van der Waals surface area contributed by atoms with Crippen LogP contribution in [0.1, 0.15) is 35.3 Å². The van der Waals surface area contributed by atoms with Crippen LogP contribution in [0.3, 0.4) is 0 Å². The number of benzene rings is 1. The van der Waals surface area contributed by atoms with Crippen molar-refractivity contribution in [3.8, 4) is 5.75 Å². The first-order chi connectivity index (χ1) is 11.3. The molecule has 0 bridgehead atoms.